The van der Waals surface area contributed by atoms with Gasteiger partial charge in [-0.1, -0.05) is 18.2 Å². The molecule has 0 aromatic heterocycles. The Balaban J connectivity index is 1.60. The third-order valence-electron chi connectivity index (χ3n) is 5.66. The highest BCUT2D eigenvalue weighted by molar-refractivity contribution is 6.02. The molecule has 1 heterocycles. The molecule has 4 rings (SSSR count). The molecule has 0 fully saturated rings. The maximum atomic E-state index is 13.1. The molecule has 1 radical (unpaired) electrons. The number of fused-ring (bicyclic) bond motifs is 2. The van der Waals surface area contributed by atoms with Crippen molar-refractivity contribution in [2.24, 2.45) is 5.73 Å². The fourth-order valence-electron chi connectivity index (χ4n) is 4.29. The highest BCUT2D eigenvalue weighted by Gasteiger charge is 2.37. The first-order chi connectivity index (χ1) is 13.5. The number of benzene rings is 2. The van der Waals surface area contributed by atoms with E-state index < -0.39 is 11.9 Å². The molecule has 2 N–H and O–H groups in total. The van der Waals surface area contributed by atoms with Crippen LogP contribution in [0.3, 0.4) is 0 Å². The summed E-state index contributed by atoms with van der Waals surface area (Å²) in [6.07, 6.45) is 1.09. The summed E-state index contributed by atoms with van der Waals surface area (Å²) < 4.78 is 5.26. The van der Waals surface area contributed by atoms with Gasteiger partial charge in [-0.25, -0.2) is 0 Å². The second-order valence-corrected chi connectivity index (χ2v) is 7.25. The summed E-state index contributed by atoms with van der Waals surface area (Å²) in [7, 11) is 1.57. The first-order valence-electron chi connectivity index (χ1n) is 9.28. The molecule has 143 valence electrons. The number of Topliss-reactive ketones (excluding diaryl/α,β-unsaturated/α-hetero) is 1. The summed E-state index contributed by atoms with van der Waals surface area (Å²) in [6, 6.07) is 12.9. The molecule has 2 atom stereocenters. The maximum Gasteiger partial charge on any atom is 0.244 e. The Morgan fingerprint density at radius 3 is 2.86 bits per heavy atom. The van der Waals surface area contributed by atoms with Crippen LogP contribution in [-0.2, 0) is 16.0 Å². The van der Waals surface area contributed by atoms with Crippen LogP contribution in [0.2, 0.25) is 0 Å². The summed E-state index contributed by atoms with van der Waals surface area (Å²) in [5.74, 6) is -0.254. The van der Waals surface area contributed by atoms with Gasteiger partial charge in [0.05, 0.1) is 7.11 Å². The number of methoxy groups -OCH3 is 1. The van der Waals surface area contributed by atoms with Gasteiger partial charge in [-0.2, -0.15) is 0 Å². The SMILES string of the molecule is COc1ccc2c(c1)C(CC(=O)N1CCc3c[c]ccc3C1C(N)=O)CC2=O. The average Bonchev–Trinajstić information content (AvgIpc) is 3.01. The minimum Gasteiger partial charge on any atom is -0.497 e. The molecule has 1 aliphatic heterocycles. The Morgan fingerprint density at radius 2 is 2.11 bits per heavy atom. The lowest BCUT2D eigenvalue weighted by Gasteiger charge is -2.36. The van der Waals surface area contributed by atoms with E-state index in [1.807, 2.05) is 12.1 Å². The van der Waals surface area contributed by atoms with Crippen LogP contribution in [0.4, 0.5) is 0 Å². The zero-order valence-electron chi connectivity index (χ0n) is 15.6. The predicted molar refractivity (Wildman–Crippen MR) is 102 cm³/mol. The third kappa shape index (κ3) is 3.05. The number of carbonyl (C=O) groups is 3. The molecule has 1 aliphatic carbocycles. The van der Waals surface area contributed by atoms with E-state index in [2.05, 4.69) is 6.07 Å². The zero-order chi connectivity index (χ0) is 19.8. The lowest BCUT2D eigenvalue weighted by Crippen LogP contribution is -2.46. The highest BCUT2D eigenvalue weighted by Crippen LogP contribution is 2.39. The van der Waals surface area contributed by atoms with Crippen LogP contribution in [0.1, 0.15) is 51.8 Å². The van der Waals surface area contributed by atoms with Crippen LogP contribution >= 0.6 is 0 Å². The van der Waals surface area contributed by atoms with E-state index in [1.165, 1.54) is 0 Å². The van der Waals surface area contributed by atoms with E-state index in [0.29, 0.717) is 24.3 Å². The Hall–Kier alpha value is -3.15. The van der Waals surface area contributed by atoms with E-state index in [9.17, 15) is 14.4 Å². The van der Waals surface area contributed by atoms with Crippen molar-refractivity contribution < 1.29 is 19.1 Å². The average molecular weight is 377 g/mol. The van der Waals surface area contributed by atoms with Crippen molar-refractivity contribution in [1.82, 2.24) is 4.90 Å². The molecule has 2 aromatic carbocycles. The van der Waals surface area contributed by atoms with Crippen molar-refractivity contribution >= 4 is 17.6 Å². The summed E-state index contributed by atoms with van der Waals surface area (Å²) in [6.45, 7) is 0.420. The van der Waals surface area contributed by atoms with Crippen molar-refractivity contribution in [2.45, 2.75) is 31.2 Å². The van der Waals surface area contributed by atoms with Gasteiger partial charge in [0.25, 0.3) is 0 Å². The van der Waals surface area contributed by atoms with Crippen molar-refractivity contribution in [3.63, 3.8) is 0 Å². The Labute approximate surface area is 163 Å². The van der Waals surface area contributed by atoms with Crippen LogP contribution in [0.15, 0.2) is 36.4 Å². The molecule has 2 aliphatic rings. The Kier molecular flexibility index (Phi) is 4.63. The van der Waals surface area contributed by atoms with Gasteiger partial charge >= 0.3 is 0 Å². The molecule has 0 bridgehead atoms. The summed E-state index contributed by atoms with van der Waals surface area (Å²) in [5.41, 5.74) is 8.87. The molecule has 28 heavy (non-hydrogen) atoms. The number of rotatable bonds is 4. The van der Waals surface area contributed by atoms with Gasteiger partial charge < -0.3 is 15.4 Å². The van der Waals surface area contributed by atoms with Gasteiger partial charge in [-0.15, -0.1) is 0 Å². The lowest BCUT2D eigenvalue weighted by atomic mass is 9.90. The van der Waals surface area contributed by atoms with E-state index in [1.54, 1.807) is 36.3 Å². The van der Waals surface area contributed by atoms with Crippen molar-refractivity contribution in [3.05, 3.63) is 64.7 Å². The normalized spacial score (nSPS) is 20.5. The van der Waals surface area contributed by atoms with E-state index >= 15 is 0 Å². The smallest absolute Gasteiger partial charge is 0.244 e. The molecule has 6 nitrogen and oxygen atoms in total. The summed E-state index contributed by atoms with van der Waals surface area (Å²) in [4.78, 5) is 39.1. The van der Waals surface area contributed by atoms with Gasteiger partial charge in [-0.05, 0) is 47.4 Å². The summed E-state index contributed by atoms with van der Waals surface area (Å²) >= 11 is 0. The van der Waals surface area contributed by atoms with Crippen molar-refractivity contribution in [3.8, 4) is 5.75 Å². The largest absolute Gasteiger partial charge is 0.497 e. The number of hydrogen-bond acceptors (Lipinski definition) is 4. The molecule has 6 heteroatoms. The molecule has 0 saturated carbocycles. The van der Waals surface area contributed by atoms with Gasteiger partial charge in [0.15, 0.2) is 5.78 Å². The van der Waals surface area contributed by atoms with Gasteiger partial charge in [0.1, 0.15) is 11.8 Å². The lowest BCUT2D eigenvalue weighted by molar-refractivity contribution is -0.140. The highest BCUT2D eigenvalue weighted by atomic mass is 16.5. The minimum atomic E-state index is -0.785. The first-order valence-corrected chi connectivity index (χ1v) is 9.28. The van der Waals surface area contributed by atoms with Gasteiger partial charge in [0, 0.05) is 30.9 Å². The first kappa shape index (κ1) is 18.2. The van der Waals surface area contributed by atoms with Crippen LogP contribution in [0.25, 0.3) is 0 Å². The quantitative estimate of drug-likeness (QED) is 0.884. The predicted octanol–water partition coefficient (Wildman–Crippen LogP) is 2.17. The van der Waals surface area contributed by atoms with Crippen LogP contribution in [0, 0.1) is 6.07 Å². The third-order valence-corrected chi connectivity index (χ3v) is 5.66. The molecule has 2 aromatic rings. The molecular formula is C22H21N2O4. The second kappa shape index (κ2) is 7.11. The number of primary amides is 1. The van der Waals surface area contributed by atoms with E-state index in [-0.39, 0.29) is 30.4 Å². The van der Waals surface area contributed by atoms with Crippen LogP contribution in [-0.4, -0.2) is 36.2 Å². The van der Waals surface area contributed by atoms with Crippen molar-refractivity contribution in [1.29, 1.82) is 0 Å². The van der Waals surface area contributed by atoms with E-state index in [4.69, 9.17) is 10.5 Å². The number of amides is 2. The standard InChI is InChI=1S/C22H21N2O4/c1-28-15-6-7-17-18(12-15)14(10-19(17)25)11-20(26)24-9-8-13-4-2-3-5-16(13)21(24)22(23)27/h3-7,12,14,21H,8-11H2,1H3,(H2,23,27). The van der Waals surface area contributed by atoms with Crippen LogP contribution in [0.5, 0.6) is 5.75 Å². The number of hydrogen-bond donors (Lipinski definition) is 1. The van der Waals surface area contributed by atoms with Crippen LogP contribution < -0.4 is 10.5 Å². The molecule has 0 saturated heterocycles. The number of ether oxygens (including phenoxy) is 1. The monoisotopic (exact) mass is 377 g/mol. The molecule has 2 unspecified atom stereocenters. The summed E-state index contributed by atoms with van der Waals surface area (Å²) in [5, 5.41) is 0. The van der Waals surface area contributed by atoms with Crippen molar-refractivity contribution in [2.75, 3.05) is 13.7 Å². The van der Waals surface area contributed by atoms with E-state index in [0.717, 1.165) is 16.7 Å². The fourth-order valence-corrected chi connectivity index (χ4v) is 4.29. The molecular weight excluding hydrogens is 356 g/mol. The second-order valence-electron chi connectivity index (χ2n) is 7.25. The number of nitrogens with zero attached hydrogens (tertiary/aromatic N) is 1. The fraction of sp³-hybridized carbons (Fsp3) is 0.318. The molecule has 0 spiro atoms. The Morgan fingerprint density at radius 1 is 1.29 bits per heavy atom. The minimum absolute atomic E-state index is 0.0291. The molecule has 2 amide bonds. The number of carbonyl (C=O) groups excluding carboxylic acids is 3. The maximum absolute atomic E-state index is 13.1. The topological polar surface area (TPSA) is 89.7 Å². The van der Waals surface area contributed by atoms with Gasteiger partial charge in [-0.3, -0.25) is 14.4 Å². The number of nitrogens with two attached hydrogens (primary N) is 1. The number of ketones is 1. The zero-order valence-corrected chi connectivity index (χ0v) is 15.6. The van der Waals surface area contributed by atoms with Gasteiger partial charge in [0.2, 0.25) is 11.8 Å². The Bertz CT molecular complexity index is 969.